The first kappa shape index (κ1) is 14.4. The summed E-state index contributed by atoms with van der Waals surface area (Å²) in [6, 6.07) is 6.45. The van der Waals surface area contributed by atoms with Gasteiger partial charge in [-0.2, -0.15) is 0 Å². The van der Waals surface area contributed by atoms with E-state index in [4.69, 9.17) is 9.47 Å². The molecule has 1 aromatic rings. The molecule has 0 radical (unpaired) electrons. The fraction of sp³-hybridized carbons (Fsp3) is 0.467. The Kier molecular flexibility index (Phi) is 5.28. The minimum Gasteiger partial charge on any atom is -0.497 e. The number of hydrogen-bond acceptors (Lipinski definition) is 3. The summed E-state index contributed by atoms with van der Waals surface area (Å²) in [6.45, 7) is 3.03. The van der Waals surface area contributed by atoms with Crippen LogP contribution in [0.25, 0.3) is 0 Å². The van der Waals surface area contributed by atoms with Gasteiger partial charge in [-0.15, -0.1) is 0 Å². The van der Waals surface area contributed by atoms with E-state index < -0.39 is 0 Å². The highest BCUT2D eigenvalue weighted by molar-refractivity contribution is 9.10. The zero-order chi connectivity index (χ0) is 13.7. The van der Waals surface area contributed by atoms with Crippen LogP contribution in [0.15, 0.2) is 35.0 Å². The Morgan fingerprint density at radius 3 is 3.00 bits per heavy atom. The second-order valence-electron chi connectivity index (χ2n) is 4.73. The maximum absolute atomic E-state index is 5.55. The minimum atomic E-state index is 0.286. The molecule has 3 nitrogen and oxygen atoms in total. The number of halogens is 1. The van der Waals surface area contributed by atoms with Crippen molar-refractivity contribution in [1.82, 2.24) is 5.32 Å². The molecule has 0 amide bonds. The molecule has 2 unspecified atom stereocenters. The SMILES string of the molecule is COc1ccc(C(C)NCC2CCC=CO2)cc1Br. The average molecular weight is 326 g/mol. The van der Waals surface area contributed by atoms with E-state index in [1.807, 2.05) is 12.3 Å². The van der Waals surface area contributed by atoms with Crippen molar-refractivity contribution in [3.8, 4) is 5.75 Å². The predicted octanol–water partition coefficient (Wildman–Crippen LogP) is 3.80. The van der Waals surface area contributed by atoms with Crippen molar-refractivity contribution in [3.63, 3.8) is 0 Å². The number of hydrogen-bond donors (Lipinski definition) is 1. The summed E-state index contributed by atoms with van der Waals surface area (Å²) >= 11 is 3.52. The monoisotopic (exact) mass is 325 g/mol. The van der Waals surface area contributed by atoms with Crippen LogP contribution in [0.5, 0.6) is 5.75 Å². The average Bonchev–Trinajstić information content (AvgIpc) is 2.45. The van der Waals surface area contributed by atoms with Crippen molar-refractivity contribution in [2.45, 2.75) is 31.9 Å². The molecule has 1 aliphatic heterocycles. The Balaban J connectivity index is 1.90. The van der Waals surface area contributed by atoms with Crippen molar-refractivity contribution in [3.05, 3.63) is 40.6 Å². The molecule has 4 heteroatoms. The van der Waals surface area contributed by atoms with Crippen LogP contribution in [-0.2, 0) is 4.74 Å². The third kappa shape index (κ3) is 3.98. The van der Waals surface area contributed by atoms with E-state index in [0.29, 0.717) is 0 Å². The second-order valence-corrected chi connectivity index (χ2v) is 5.59. The fourth-order valence-corrected chi connectivity index (χ4v) is 2.67. The van der Waals surface area contributed by atoms with Crippen molar-refractivity contribution in [2.75, 3.05) is 13.7 Å². The summed E-state index contributed by atoms with van der Waals surface area (Å²) in [5, 5.41) is 3.51. The Morgan fingerprint density at radius 2 is 2.37 bits per heavy atom. The Bertz CT molecular complexity index is 448. The van der Waals surface area contributed by atoms with Gasteiger partial charge in [0.2, 0.25) is 0 Å². The minimum absolute atomic E-state index is 0.286. The summed E-state index contributed by atoms with van der Waals surface area (Å²) < 4.78 is 11.8. The molecular weight excluding hydrogens is 306 g/mol. The van der Waals surface area contributed by atoms with Gasteiger partial charge in [-0.25, -0.2) is 0 Å². The molecule has 19 heavy (non-hydrogen) atoms. The van der Waals surface area contributed by atoms with Gasteiger partial charge in [-0.05, 0) is 59.5 Å². The molecule has 104 valence electrons. The lowest BCUT2D eigenvalue weighted by Crippen LogP contribution is -2.31. The van der Waals surface area contributed by atoms with Gasteiger partial charge in [0.25, 0.3) is 0 Å². The van der Waals surface area contributed by atoms with Crippen LogP contribution in [0, 0.1) is 0 Å². The predicted molar refractivity (Wildman–Crippen MR) is 80.4 cm³/mol. The number of methoxy groups -OCH3 is 1. The van der Waals surface area contributed by atoms with Gasteiger partial charge in [0.1, 0.15) is 11.9 Å². The van der Waals surface area contributed by atoms with E-state index in [1.165, 1.54) is 5.56 Å². The van der Waals surface area contributed by atoms with E-state index in [2.05, 4.69) is 46.4 Å². The van der Waals surface area contributed by atoms with Gasteiger partial charge < -0.3 is 14.8 Å². The Labute approximate surface area is 123 Å². The molecule has 0 aliphatic carbocycles. The molecule has 1 heterocycles. The van der Waals surface area contributed by atoms with Crippen LogP contribution >= 0.6 is 15.9 Å². The van der Waals surface area contributed by atoms with E-state index in [0.717, 1.165) is 29.6 Å². The number of benzene rings is 1. The number of rotatable bonds is 5. The third-order valence-corrected chi connectivity index (χ3v) is 3.97. The van der Waals surface area contributed by atoms with Crippen LogP contribution in [-0.4, -0.2) is 19.8 Å². The van der Waals surface area contributed by atoms with E-state index >= 15 is 0 Å². The highest BCUT2D eigenvalue weighted by Crippen LogP contribution is 2.28. The highest BCUT2D eigenvalue weighted by atomic mass is 79.9. The van der Waals surface area contributed by atoms with E-state index in [9.17, 15) is 0 Å². The molecule has 2 atom stereocenters. The molecule has 0 aromatic heterocycles. The Hall–Kier alpha value is -1.00. The van der Waals surface area contributed by atoms with Gasteiger partial charge in [0.15, 0.2) is 0 Å². The molecule has 0 bridgehead atoms. The molecule has 1 N–H and O–H groups in total. The first-order valence-corrected chi connectivity index (χ1v) is 7.37. The van der Waals surface area contributed by atoms with Crippen LogP contribution in [0.1, 0.15) is 31.4 Å². The molecular formula is C15H20BrNO2. The van der Waals surface area contributed by atoms with Crippen LogP contribution in [0.2, 0.25) is 0 Å². The van der Waals surface area contributed by atoms with Crippen LogP contribution in [0.4, 0.5) is 0 Å². The smallest absolute Gasteiger partial charge is 0.133 e. The second kappa shape index (κ2) is 6.96. The first-order chi connectivity index (χ1) is 9.20. The summed E-state index contributed by atoms with van der Waals surface area (Å²) in [5.74, 6) is 0.858. The summed E-state index contributed by atoms with van der Waals surface area (Å²) in [7, 11) is 1.68. The number of allylic oxidation sites excluding steroid dienone is 1. The normalized spacial score (nSPS) is 19.8. The van der Waals surface area contributed by atoms with Gasteiger partial charge in [0, 0.05) is 12.6 Å². The maximum Gasteiger partial charge on any atom is 0.133 e. The summed E-state index contributed by atoms with van der Waals surface area (Å²) in [5.41, 5.74) is 1.24. The fourth-order valence-electron chi connectivity index (χ4n) is 2.11. The van der Waals surface area contributed by atoms with Gasteiger partial charge in [0.05, 0.1) is 17.8 Å². The zero-order valence-corrected chi connectivity index (χ0v) is 12.9. The first-order valence-electron chi connectivity index (χ1n) is 6.58. The quantitative estimate of drug-likeness (QED) is 0.893. The lowest BCUT2D eigenvalue weighted by Gasteiger charge is -2.22. The van der Waals surface area contributed by atoms with Crippen molar-refractivity contribution < 1.29 is 9.47 Å². The molecule has 0 saturated carbocycles. The summed E-state index contributed by atoms with van der Waals surface area (Å²) in [6.07, 6.45) is 6.36. The van der Waals surface area contributed by atoms with Crippen molar-refractivity contribution >= 4 is 15.9 Å². The van der Waals surface area contributed by atoms with Gasteiger partial charge >= 0.3 is 0 Å². The molecule has 0 saturated heterocycles. The lowest BCUT2D eigenvalue weighted by molar-refractivity contribution is 0.120. The van der Waals surface area contributed by atoms with Crippen molar-refractivity contribution in [1.29, 1.82) is 0 Å². The largest absolute Gasteiger partial charge is 0.497 e. The molecule has 1 aromatic carbocycles. The maximum atomic E-state index is 5.55. The molecule has 1 aliphatic rings. The van der Waals surface area contributed by atoms with Crippen LogP contribution in [0.3, 0.4) is 0 Å². The van der Waals surface area contributed by atoms with Crippen LogP contribution < -0.4 is 10.1 Å². The van der Waals surface area contributed by atoms with E-state index in [-0.39, 0.29) is 12.1 Å². The van der Waals surface area contributed by atoms with Gasteiger partial charge in [-0.1, -0.05) is 6.07 Å². The zero-order valence-electron chi connectivity index (χ0n) is 11.4. The molecule has 2 rings (SSSR count). The molecule has 0 spiro atoms. The third-order valence-electron chi connectivity index (χ3n) is 3.35. The summed E-state index contributed by atoms with van der Waals surface area (Å²) in [4.78, 5) is 0. The highest BCUT2D eigenvalue weighted by Gasteiger charge is 2.13. The lowest BCUT2D eigenvalue weighted by atomic mass is 10.1. The number of nitrogens with one attached hydrogen (secondary N) is 1. The molecule has 0 fully saturated rings. The standard InChI is InChI=1S/C15H20BrNO2/c1-11(17-10-13-5-3-4-8-19-13)12-6-7-15(18-2)14(16)9-12/h4,6-9,11,13,17H,3,5,10H2,1-2H3. The Morgan fingerprint density at radius 1 is 1.53 bits per heavy atom. The van der Waals surface area contributed by atoms with E-state index in [1.54, 1.807) is 7.11 Å². The topological polar surface area (TPSA) is 30.5 Å². The van der Waals surface area contributed by atoms with Gasteiger partial charge in [-0.3, -0.25) is 0 Å². The number of ether oxygens (including phenoxy) is 2. The van der Waals surface area contributed by atoms with Crippen molar-refractivity contribution in [2.24, 2.45) is 0 Å².